The van der Waals surface area contributed by atoms with Gasteiger partial charge in [-0.25, -0.2) is 4.39 Å². The molecule has 0 bridgehead atoms. The van der Waals surface area contributed by atoms with Gasteiger partial charge in [0, 0.05) is 18.4 Å². The maximum atomic E-state index is 14.8. The van der Waals surface area contributed by atoms with Crippen molar-refractivity contribution >= 4 is 0 Å². The van der Waals surface area contributed by atoms with E-state index in [-0.39, 0.29) is 11.7 Å². The van der Waals surface area contributed by atoms with Gasteiger partial charge >= 0.3 is 0 Å². The molecule has 0 radical (unpaired) electrons. The molecule has 1 aliphatic carbocycles. The number of rotatable bonds is 5. The van der Waals surface area contributed by atoms with Crippen LogP contribution in [0.1, 0.15) is 71.7 Å². The fraction of sp³-hybridized carbons (Fsp3) is 0.500. The quantitative estimate of drug-likeness (QED) is 0.561. The van der Waals surface area contributed by atoms with Crippen LogP contribution in [0.15, 0.2) is 12.1 Å². The zero-order valence-corrected chi connectivity index (χ0v) is 16.6. The number of phenolic OH excluding ortho intramolecular Hbond substituents is 1. The van der Waals surface area contributed by atoms with E-state index in [9.17, 15) is 9.50 Å². The van der Waals surface area contributed by atoms with Gasteiger partial charge in [0.25, 0.3) is 0 Å². The number of aryl methyl sites for hydroxylation is 1. The van der Waals surface area contributed by atoms with Crippen molar-refractivity contribution in [2.75, 3.05) is 7.11 Å². The minimum absolute atomic E-state index is 0.270. The van der Waals surface area contributed by atoms with Crippen LogP contribution in [0.4, 0.5) is 4.39 Å². The molecular weight excluding hydrogens is 345 g/mol. The summed E-state index contributed by atoms with van der Waals surface area (Å²) in [6.07, 6.45) is 6.00. The number of pyridine rings is 1. The van der Waals surface area contributed by atoms with Crippen molar-refractivity contribution in [2.24, 2.45) is 0 Å². The monoisotopic (exact) mass is 373 g/mol. The van der Waals surface area contributed by atoms with E-state index in [4.69, 9.17) is 14.8 Å². The van der Waals surface area contributed by atoms with E-state index in [0.29, 0.717) is 17.9 Å². The summed E-state index contributed by atoms with van der Waals surface area (Å²) in [6, 6.07) is 3.13. The van der Waals surface area contributed by atoms with Crippen LogP contribution in [-0.4, -0.2) is 17.2 Å². The maximum absolute atomic E-state index is 14.8. The number of aromatic nitrogens is 1. The first kappa shape index (κ1) is 19.6. The molecule has 0 unspecified atom stereocenters. The first-order valence-corrected chi connectivity index (χ1v) is 9.61. The van der Waals surface area contributed by atoms with Gasteiger partial charge in [-0.2, -0.15) is 4.89 Å². The molecule has 1 aromatic heterocycles. The number of halogens is 1. The van der Waals surface area contributed by atoms with Crippen LogP contribution in [0.2, 0.25) is 0 Å². The zero-order chi connectivity index (χ0) is 19.6. The SMILES string of the molecule is COOc1cc(F)c(Cc2c(C)cc(O)c(C)c2C)nc1C1CCCCC1. The molecule has 0 amide bonds. The average molecular weight is 373 g/mol. The molecule has 4 nitrogen and oxygen atoms in total. The summed E-state index contributed by atoms with van der Waals surface area (Å²) < 4.78 is 14.8. The Morgan fingerprint density at radius 1 is 1.11 bits per heavy atom. The van der Waals surface area contributed by atoms with E-state index in [1.54, 1.807) is 6.07 Å². The van der Waals surface area contributed by atoms with E-state index in [1.807, 2.05) is 20.8 Å². The van der Waals surface area contributed by atoms with Crippen molar-refractivity contribution in [3.8, 4) is 11.5 Å². The van der Waals surface area contributed by atoms with Crippen molar-refractivity contribution in [1.82, 2.24) is 4.98 Å². The van der Waals surface area contributed by atoms with Gasteiger partial charge in [-0.3, -0.25) is 4.98 Å². The summed E-state index contributed by atoms with van der Waals surface area (Å²) in [7, 11) is 1.42. The van der Waals surface area contributed by atoms with Gasteiger partial charge in [0.15, 0.2) is 5.75 Å². The second kappa shape index (κ2) is 8.26. The summed E-state index contributed by atoms with van der Waals surface area (Å²) in [6.45, 7) is 5.77. The Morgan fingerprint density at radius 2 is 1.81 bits per heavy atom. The molecule has 0 atom stereocenters. The fourth-order valence-electron chi connectivity index (χ4n) is 4.03. The molecule has 2 aromatic rings. The summed E-state index contributed by atoms with van der Waals surface area (Å²) in [5, 5.41) is 10.0. The minimum Gasteiger partial charge on any atom is -0.508 e. The van der Waals surface area contributed by atoms with Gasteiger partial charge < -0.3 is 9.99 Å². The third-order valence-corrected chi connectivity index (χ3v) is 5.78. The molecule has 1 aliphatic rings. The van der Waals surface area contributed by atoms with Crippen LogP contribution in [-0.2, 0) is 11.3 Å². The molecule has 0 saturated heterocycles. The lowest BCUT2D eigenvalue weighted by atomic mass is 9.86. The second-order valence-corrected chi connectivity index (χ2v) is 7.50. The molecule has 1 heterocycles. The molecule has 0 spiro atoms. The molecule has 1 saturated carbocycles. The first-order valence-electron chi connectivity index (χ1n) is 9.61. The lowest BCUT2D eigenvalue weighted by Gasteiger charge is -2.23. The highest BCUT2D eigenvalue weighted by Gasteiger charge is 2.24. The Morgan fingerprint density at radius 3 is 2.48 bits per heavy atom. The van der Waals surface area contributed by atoms with Crippen LogP contribution in [0.5, 0.6) is 11.5 Å². The van der Waals surface area contributed by atoms with Crippen molar-refractivity contribution in [3.05, 3.63) is 51.6 Å². The fourth-order valence-corrected chi connectivity index (χ4v) is 4.03. The van der Waals surface area contributed by atoms with E-state index in [0.717, 1.165) is 53.6 Å². The molecule has 1 aromatic carbocycles. The third kappa shape index (κ3) is 4.08. The van der Waals surface area contributed by atoms with Crippen LogP contribution in [0, 0.1) is 26.6 Å². The standard InChI is InChI=1S/C22H28FNO3/c1-13-10-20(25)15(3)14(2)17(13)11-19-18(23)12-21(27-26-4)22(24-19)16-8-6-5-7-9-16/h10,12,16,25H,5-9,11H2,1-4H3. The lowest BCUT2D eigenvalue weighted by molar-refractivity contribution is -0.179. The highest BCUT2D eigenvalue weighted by Crippen LogP contribution is 2.38. The van der Waals surface area contributed by atoms with Crippen molar-refractivity contribution < 1.29 is 19.3 Å². The number of nitrogens with zero attached hydrogens (tertiary/aromatic N) is 1. The molecule has 3 rings (SSSR count). The molecule has 1 fully saturated rings. The smallest absolute Gasteiger partial charge is 0.190 e. The van der Waals surface area contributed by atoms with Gasteiger partial charge in [-0.15, -0.1) is 0 Å². The number of phenols is 1. The summed E-state index contributed by atoms with van der Waals surface area (Å²) in [4.78, 5) is 14.7. The summed E-state index contributed by atoms with van der Waals surface area (Å²) >= 11 is 0. The van der Waals surface area contributed by atoms with Crippen LogP contribution >= 0.6 is 0 Å². The average Bonchev–Trinajstić information content (AvgIpc) is 2.66. The van der Waals surface area contributed by atoms with E-state index in [2.05, 4.69) is 0 Å². The van der Waals surface area contributed by atoms with Crippen LogP contribution in [0.3, 0.4) is 0 Å². The van der Waals surface area contributed by atoms with Crippen molar-refractivity contribution in [3.63, 3.8) is 0 Å². The number of aromatic hydroxyl groups is 1. The Balaban J connectivity index is 2.02. The van der Waals surface area contributed by atoms with Gasteiger partial charge in [-0.05, 0) is 61.9 Å². The van der Waals surface area contributed by atoms with E-state index < -0.39 is 5.82 Å². The molecule has 27 heavy (non-hydrogen) atoms. The Kier molecular flexibility index (Phi) is 6.00. The van der Waals surface area contributed by atoms with Crippen LogP contribution < -0.4 is 4.89 Å². The van der Waals surface area contributed by atoms with E-state index >= 15 is 0 Å². The van der Waals surface area contributed by atoms with Crippen LogP contribution in [0.25, 0.3) is 0 Å². The van der Waals surface area contributed by atoms with Crippen molar-refractivity contribution in [1.29, 1.82) is 0 Å². The lowest BCUT2D eigenvalue weighted by Crippen LogP contribution is -2.12. The highest BCUT2D eigenvalue weighted by atomic mass is 19.1. The normalized spacial score (nSPS) is 15.1. The number of hydrogen-bond donors (Lipinski definition) is 1. The van der Waals surface area contributed by atoms with Crippen molar-refractivity contribution in [2.45, 2.75) is 65.2 Å². The van der Waals surface area contributed by atoms with Gasteiger partial charge in [0.2, 0.25) is 0 Å². The minimum atomic E-state index is -0.397. The molecule has 5 heteroatoms. The molecular formula is C22H28FNO3. The Hall–Kier alpha value is -2.14. The summed E-state index contributed by atoms with van der Waals surface area (Å²) in [5.74, 6) is 0.521. The Bertz CT molecular complexity index is 829. The zero-order valence-electron chi connectivity index (χ0n) is 16.6. The molecule has 0 aliphatic heterocycles. The number of benzene rings is 1. The predicted molar refractivity (Wildman–Crippen MR) is 103 cm³/mol. The first-order chi connectivity index (χ1) is 12.9. The largest absolute Gasteiger partial charge is 0.508 e. The Labute approximate surface area is 160 Å². The summed E-state index contributed by atoms with van der Waals surface area (Å²) in [5.41, 5.74) is 4.95. The number of hydrogen-bond acceptors (Lipinski definition) is 4. The van der Waals surface area contributed by atoms with E-state index in [1.165, 1.54) is 19.6 Å². The van der Waals surface area contributed by atoms with Gasteiger partial charge in [0.1, 0.15) is 11.6 Å². The molecule has 146 valence electrons. The predicted octanol–water partition coefficient (Wildman–Crippen LogP) is 5.43. The third-order valence-electron chi connectivity index (χ3n) is 5.78. The molecule has 1 N–H and O–H groups in total. The topological polar surface area (TPSA) is 51.6 Å². The van der Waals surface area contributed by atoms with Gasteiger partial charge in [0.05, 0.1) is 18.5 Å². The highest BCUT2D eigenvalue weighted by molar-refractivity contribution is 5.49. The second-order valence-electron chi connectivity index (χ2n) is 7.50. The maximum Gasteiger partial charge on any atom is 0.190 e. The van der Waals surface area contributed by atoms with Gasteiger partial charge in [-0.1, -0.05) is 19.3 Å².